The molecule has 1 saturated heterocycles. The lowest BCUT2D eigenvalue weighted by molar-refractivity contribution is 0.0112. The van der Waals surface area contributed by atoms with Gasteiger partial charge in [0.2, 0.25) is 0 Å². The number of rotatable bonds is 7. The Morgan fingerprint density at radius 2 is 2.07 bits per heavy atom. The normalized spacial score (nSPS) is 13.8. The molecule has 0 spiro atoms. The van der Waals surface area contributed by atoms with E-state index in [1.807, 2.05) is 6.92 Å². The first-order valence-electron chi connectivity index (χ1n) is 9.15. The van der Waals surface area contributed by atoms with E-state index >= 15 is 0 Å². The van der Waals surface area contributed by atoms with Crippen LogP contribution in [-0.4, -0.2) is 52.5 Å². The van der Waals surface area contributed by atoms with Gasteiger partial charge in [0, 0.05) is 23.5 Å². The van der Waals surface area contributed by atoms with Crippen molar-refractivity contribution in [1.82, 2.24) is 14.9 Å². The molecule has 28 heavy (non-hydrogen) atoms. The number of likely N-dealkylation sites (tertiary alicyclic amines) is 1. The molecule has 8 heteroatoms. The summed E-state index contributed by atoms with van der Waals surface area (Å²) in [6.07, 6.45) is 1.39. The Hall–Kier alpha value is -3.03. The van der Waals surface area contributed by atoms with Crippen molar-refractivity contribution in [3.63, 3.8) is 0 Å². The molecule has 2 aromatic rings. The van der Waals surface area contributed by atoms with Gasteiger partial charge in [-0.3, -0.25) is 9.78 Å². The molecule has 1 aliphatic heterocycles. The standard InChI is InChI=1S/C20H22FN3O4/c1-3-6-27-20(26)24-11-17(12-24)28-16-7-13(2)23-18(9-16)19(25)8-15-5-4-14(21)10-22-15/h4-5,7,9-10,17H,3,6,8,11-12H2,1-2H3. The van der Waals surface area contributed by atoms with Crippen molar-refractivity contribution >= 4 is 11.9 Å². The molecule has 0 saturated carbocycles. The lowest BCUT2D eigenvalue weighted by Gasteiger charge is -2.38. The van der Waals surface area contributed by atoms with Crippen LogP contribution in [0.2, 0.25) is 0 Å². The molecule has 1 fully saturated rings. The van der Waals surface area contributed by atoms with Gasteiger partial charge in [-0.25, -0.2) is 14.2 Å². The van der Waals surface area contributed by atoms with Crippen molar-refractivity contribution in [1.29, 1.82) is 0 Å². The van der Waals surface area contributed by atoms with Gasteiger partial charge in [0.15, 0.2) is 5.78 Å². The van der Waals surface area contributed by atoms with Crippen LogP contribution in [0, 0.1) is 12.7 Å². The highest BCUT2D eigenvalue weighted by atomic mass is 19.1. The van der Waals surface area contributed by atoms with Crippen LogP contribution in [0.1, 0.15) is 35.2 Å². The average Bonchev–Trinajstić information content (AvgIpc) is 2.63. The minimum atomic E-state index is -0.450. The van der Waals surface area contributed by atoms with Crippen molar-refractivity contribution in [3.8, 4) is 5.75 Å². The summed E-state index contributed by atoms with van der Waals surface area (Å²) in [4.78, 5) is 34.0. The maximum absolute atomic E-state index is 12.9. The fourth-order valence-electron chi connectivity index (χ4n) is 2.75. The highest BCUT2D eigenvalue weighted by Crippen LogP contribution is 2.21. The zero-order chi connectivity index (χ0) is 20.1. The molecule has 3 heterocycles. The fraction of sp³-hybridized carbons (Fsp3) is 0.400. The molecule has 0 N–H and O–H groups in total. The van der Waals surface area contributed by atoms with Crippen LogP contribution in [0.3, 0.4) is 0 Å². The van der Waals surface area contributed by atoms with Gasteiger partial charge in [-0.1, -0.05) is 6.92 Å². The van der Waals surface area contributed by atoms with Crippen molar-refractivity contribution < 1.29 is 23.5 Å². The molecule has 1 amide bonds. The second kappa shape index (κ2) is 8.77. The third-order valence-corrected chi connectivity index (χ3v) is 4.18. The number of hydrogen-bond acceptors (Lipinski definition) is 6. The minimum Gasteiger partial charge on any atom is -0.487 e. The molecule has 148 valence electrons. The maximum atomic E-state index is 12.9. The molecular formula is C20H22FN3O4. The molecule has 0 unspecified atom stereocenters. The van der Waals surface area contributed by atoms with E-state index in [0.29, 0.717) is 36.8 Å². The second-order valence-corrected chi connectivity index (χ2v) is 6.66. The van der Waals surface area contributed by atoms with Gasteiger partial charge in [0.1, 0.15) is 23.4 Å². The van der Waals surface area contributed by atoms with Gasteiger partial charge in [-0.2, -0.15) is 0 Å². The second-order valence-electron chi connectivity index (χ2n) is 6.66. The Balaban J connectivity index is 1.58. The van der Waals surface area contributed by atoms with Crippen molar-refractivity contribution in [2.45, 2.75) is 32.8 Å². The van der Waals surface area contributed by atoms with Crippen LogP contribution in [0.15, 0.2) is 30.5 Å². The number of carbonyl (C=O) groups excluding carboxylic acids is 2. The number of carbonyl (C=O) groups is 2. The van der Waals surface area contributed by atoms with Crippen molar-refractivity contribution in [2.24, 2.45) is 0 Å². The first-order chi connectivity index (χ1) is 13.4. The van der Waals surface area contributed by atoms with Gasteiger partial charge in [-0.05, 0) is 25.5 Å². The predicted molar refractivity (Wildman–Crippen MR) is 98.8 cm³/mol. The zero-order valence-electron chi connectivity index (χ0n) is 15.9. The number of hydrogen-bond donors (Lipinski definition) is 0. The summed E-state index contributed by atoms with van der Waals surface area (Å²) in [6.45, 7) is 4.99. The fourth-order valence-corrected chi connectivity index (χ4v) is 2.75. The maximum Gasteiger partial charge on any atom is 0.410 e. The van der Waals surface area contributed by atoms with Gasteiger partial charge in [-0.15, -0.1) is 0 Å². The smallest absolute Gasteiger partial charge is 0.410 e. The Kier molecular flexibility index (Phi) is 6.18. The molecule has 0 bridgehead atoms. The van der Waals surface area contributed by atoms with E-state index in [-0.39, 0.29) is 30.1 Å². The average molecular weight is 387 g/mol. The summed E-state index contributed by atoms with van der Waals surface area (Å²) in [5, 5.41) is 0. The molecule has 3 rings (SSSR count). The Bertz CT molecular complexity index is 851. The van der Waals surface area contributed by atoms with Crippen LogP contribution in [0.5, 0.6) is 5.75 Å². The third kappa shape index (κ3) is 5.03. The summed E-state index contributed by atoms with van der Waals surface area (Å²) in [5.74, 6) is -0.158. The zero-order valence-corrected chi connectivity index (χ0v) is 15.9. The molecule has 7 nitrogen and oxygen atoms in total. The number of ketones is 1. The molecular weight excluding hydrogens is 365 g/mol. The molecule has 0 radical (unpaired) electrons. The molecule has 2 aromatic heterocycles. The molecule has 0 aliphatic carbocycles. The molecule has 1 aliphatic rings. The van der Waals surface area contributed by atoms with Crippen LogP contribution in [0.25, 0.3) is 0 Å². The van der Waals surface area contributed by atoms with Crippen molar-refractivity contribution in [3.05, 3.63) is 53.4 Å². The number of nitrogens with zero attached hydrogens (tertiary/aromatic N) is 3. The number of ether oxygens (including phenoxy) is 2. The summed E-state index contributed by atoms with van der Waals surface area (Å²) in [6, 6.07) is 6.06. The van der Waals surface area contributed by atoms with Gasteiger partial charge in [0.25, 0.3) is 0 Å². The van der Waals surface area contributed by atoms with E-state index in [2.05, 4.69) is 9.97 Å². The van der Waals surface area contributed by atoms with Crippen LogP contribution < -0.4 is 4.74 Å². The topological polar surface area (TPSA) is 81.6 Å². The van der Waals surface area contributed by atoms with Gasteiger partial charge < -0.3 is 14.4 Å². The predicted octanol–water partition coefficient (Wildman–Crippen LogP) is 2.96. The number of aryl methyl sites for hydroxylation is 1. The van der Waals surface area contributed by atoms with Crippen LogP contribution in [0.4, 0.5) is 9.18 Å². The Morgan fingerprint density at radius 3 is 2.75 bits per heavy atom. The van der Waals surface area contributed by atoms with Crippen LogP contribution >= 0.6 is 0 Å². The van der Waals surface area contributed by atoms with E-state index in [1.165, 1.54) is 12.1 Å². The Morgan fingerprint density at radius 1 is 1.29 bits per heavy atom. The van der Waals surface area contributed by atoms with Gasteiger partial charge in [0.05, 0.1) is 32.3 Å². The van der Waals surface area contributed by atoms with E-state index in [0.717, 1.165) is 12.6 Å². The summed E-state index contributed by atoms with van der Waals surface area (Å²) in [5.41, 5.74) is 1.38. The lowest BCUT2D eigenvalue weighted by Crippen LogP contribution is -2.56. The minimum absolute atomic E-state index is 0.0245. The first-order valence-corrected chi connectivity index (χ1v) is 9.15. The lowest BCUT2D eigenvalue weighted by atomic mass is 10.1. The van der Waals surface area contributed by atoms with Crippen LogP contribution in [-0.2, 0) is 11.2 Å². The quantitative estimate of drug-likeness (QED) is 0.680. The summed E-state index contributed by atoms with van der Waals surface area (Å²) < 4.78 is 23.9. The highest BCUT2D eigenvalue weighted by molar-refractivity contribution is 5.95. The third-order valence-electron chi connectivity index (χ3n) is 4.18. The van der Waals surface area contributed by atoms with E-state index in [1.54, 1.807) is 24.0 Å². The number of pyridine rings is 2. The molecule has 0 atom stereocenters. The Labute approximate surface area is 162 Å². The summed E-state index contributed by atoms with van der Waals surface area (Å²) in [7, 11) is 0. The van der Waals surface area contributed by atoms with E-state index in [9.17, 15) is 14.0 Å². The number of halogens is 1. The largest absolute Gasteiger partial charge is 0.487 e. The first kappa shape index (κ1) is 19.7. The van der Waals surface area contributed by atoms with E-state index < -0.39 is 5.82 Å². The number of aromatic nitrogens is 2. The monoisotopic (exact) mass is 387 g/mol. The highest BCUT2D eigenvalue weighted by Gasteiger charge is 2.33. The summed E-state index contributed by atoms with van der Waals surface area (Å²) >= 11 is 0. The number of Topliss-reactive ketones (excluding diaryl/α,β-unsaturated/α-hetero) is 1. The van der Waals surface area contributed by atoms with Gasteiger partial charge >= 0.3 is 6.09 Å². The van der Waals surface area contributed by atoms with Crippen molar-refractivity contribution in [2.75, 3.05) is 19.7 Å². The number of amides is 1. The molecule has 0 aromatic carbocycles. The SMILES string of the molecule is CCCOC(=O)N1CC(Oc2cc(C)nc(C(=O)Cc3ccc(F)cn3)c2)C1. The van der Waals surface area contributed by atoms with E-state index in [4.69, 9.17) is 9.47 Å².